The van der Waals surface area contributed by atoms with Crippen LogP contribution in [-0.2, 0) is 11.2 Å². The number of hydrogen-bond donors (Lipinski definition) is 1. The van der Waals surface area contributed by atoms with Crippen LogP contribution in [0, 0.1) is 0 Å². The zero-order valence-electron chi connectivity index (χ0n) is 14.4. The van der Waals surface area contributed by atoms with Crippen LogP contribution in [0.2, 0.25) is 0 Å². The molecule has 2 heterocycles. The summed E-state index contributed by atoms with van der Waals surface area (Å²) in [6, 6.07) is 15.8. The van der Waals surface area contributed by atoms with E-state index in [2.05, 4.69) is 22.4 Å². The Bertz CT molecular complexity index is 872. The lowest BCUT2D eigenvalue weighted by Crippen LogP contribution is -2.24. The molecular formula is C21H20N2O3. The van der Waals surface area contributed by atoms with Crippen molar-refractivity contribution in [3.63, 3.8) is 0 Å². The summed E-state index contributed by atoms with van der Waals surface area (Å²) in [7, 11) is 0. The van der Waals surface area contributed by atoms with Gasteiger partial charge in [0.05, 0.1) is 13.2 Å². The fourth-order valence-corrected chi connectivity index (χ4v) is 2.97. The molecule has 2 aliphatic rings. The molecule has 1 amide bonds. The average Bonchev–Trinajstić information content (AvgIpc) is 2.86. The Morgan fingerprint density at radius 3 is 2.65 bits per heavy atom. The number of hydrogen-bond acceptors (Lipinski definition) is 4. The molecule has 0 saturated heterocycles. The van der Waals surface area contributed by atoms with Crippen molar-refractivity contribution in [2.24, 2.45) is 4.99 Å². The molecule has 0 aromatic heterocycles. The van der Waals surface area contributed by atoms with Crippen molar-refractivity contribution in [1.29, 1.82) is 0 Å². The van der Waals surface area contributed by atoms with Gasteiger partial charge in [-0.15, -0.1) is 0 Å². The molecule has 0 aliphatic carbocycles. The van der Waals surface area contributed by atoms with Gasteiger partial charge in [0.1, 0.15) is 11.5 Å². The predicted octanol–water partition coefficient (Wildman–Crippen LogP) is 3.35. The number of nitrogens with one attached hydrogen (secondary N) is 1. The zero-order valence-corrected chi connectivity index (χ0v) is 14.4. The molecule has 0 bridgehead atoms. The van der Waals surface area contributed by atoms with E-state index in [0.29, 0.717) is 36.9 Å². The van der Waals surface area contributed by atoms with Gasteiger partial charge >= 0.3 is 0 Å². The van der Waals surface area contributed by atoms with E-state index in [0.717, 1.165) is 24.2 Å². The molecule has 132 valence electrons. The van der Waals surface area contributed by atoms with Gasteiger partial charge in [-0.05, 0) is 35.8 Å². The second kappa shape index (κ2) is 7.44. The quantitative estimate of drug-likeness (QED) is 0.862. The Labute approximate surface area is 152 Å². The first kappa shape index (κ1) is 16.4. The largest absolute Gasteiger partial charge is 0.490 e. The van der Waals surface area contributed by atoms with Crippen LogP contribution in [0.25, 0.3) is 6.08 Å². The van der Waals surface area contributed by atoms with Gasteiger partial charge < -0.3 is 14.8 Å². The summed E-state index contributed by atoms with van der Waals surface area (Å²) in [6.45, 7) is 1.29. The van der Waals surface area contributed by atoms with Crippen LogP contribution in [0.1, 0.15) is 24.0 Å². The van der Waals surface area contributed by atoms with Gasteiger partial charge in [0, 0.05) is 12.8 Å². The lowest BCUT2D eigenvalue weighted by atomic mass is 10.1. The fraction of sp³-hybridized carbons (Fsp3) is 0.238. The summed E-state index contributed by atoms with van der Waals surface area (Å²) in [5, 5.41) is 2.85. The molecule has 2 aliphatic heterocycles. The lowest BCUT2D eigenvalue weighted by Gasteiger charge is -2.07. The Morgan fingerprint density at radius 1 is 1.00 bits per heavy atom. The Morgan fingerprint density at radius 2 is 1.81 bits per heavy atom. The standard InChI is InChI=1S/C21H20N2O3/c24-21-17(22-20(23-21)10-8-15-5-2-1-3-6-15)13-16-7-9-18-19(14-16)26-12-4-11-25-18/h1-3,5-7,9,13-14H,4,8,10-12H2,(H,22,23,24)/b17-13+. The minimum Gasteiger partial charge on any atom is -0.490 e. The van der Waals surface area contributed by atoms with E-state index < -0.39 is 0 Å². The summed E-state index contributed by atoms with van der Waals surface area (Å²) in [4.78, 5) is 16.6. The van der Waals surface area contributed by atoms with Crippen LogP contribution in [-0.4, -0.2) is 25.0 Å². The molecule has 2 aromatic carbocycles. The maximum absolute atomic E-state index is 12.2. The first-order chi connectivity index (χ1) is 12.8. The van der Waals surface area contributed by atoms with E-state index >= 15 is 0 Å². The highest BCUT2D eigenvalue weighted by molar-refractivity contribution is 6.14. The van der Waals surface area contributed by atoms with E-state index in [-0.39, 0.29) is 5.91 Å². The molecule has 5 heteroatoms. The molecule has 4 rings (SSSR count). The molecule has 0 spiro atoms. The smallest absolute Gasteiger partial charge is 0.275 e. The van der Waals surface area contributed by atoms with Crippen molar-refractivity contribution < 1.29 is 14.3 Å². The normalized spacial score (nSPS) is 17.6. The van der Waals surface area contributed by atoms with Gasteiger partial charge in [-0.2, -0.15) is 0 Å². The summed E-state index contributed by atoms with van der Waals surface area (Å²) >= 11 is 0. The maximum atomic E-state index is 12.2. The van der Waals surface area contributed by atoms with E-state index in [9.17, 15) is 4.79 Å². The van der Waals surface area contributed by atoms with Crippen LogP contribution >= 0.6 is 0 Å². The SMILES string of the molecule is O=C1NC(CCc2ccccc2)=N/C1=C/c1ccc2c(c1)OCCCO2. The molecular weight excluding hydrogens is 328 g/mol. The van der Waals surface area contributed by atoms with Gasteiger partial charge in [-0.25, -0.2) is 4.99 Å². The topological polar surface area (TPSA) is 59.9 Å². The first-order valence-corrected chi connectivity index (χ1v) is 8.82. The first-order valence-electron chi connectivity index (χ1n) is 8.82. The zero-order chi connectivity index (χ0) is 17.8. The van der Waals surface area contributed by atoms with Gasteiger partial charge in [0.15, 0.2) is 11.5 Å². The molecule has 26 heavy (non-hydrogen) atoms. The average molecular weight is 348 g/mol. The van der Waals surface area contributed by atoms with Gasteiger partial charge in [0.2, 0.25) is 0 Å². The number of nitrogens with zero attached hydrogens (tertiary/aromatic N) is 1. The number of benzene rings is 2. The maximum Gasteiger partial charge on any atom is 0.275 e. The van der Waals surface area contributed by atoms with Crippen LogP contribution in [0.3, 0.4) is 0 Å². The van der Waals surface area contributed by atoms with Crippen LogP contribution in [0.5, 0.6) is 11.5 Å². The van der Waals surface area contributed by atoms with Crippen molar-refractivity contribution in [3.8, 4) is 11.5 Å². The molecule has 2 aromatic rings. The lowest BCUT2D eigenvalue weighted by molar-refractivity contribution is -0.115. The number of carbonyl (C=O) groups excluding carboxylic acids is 1. The third-order valence-electron chi connectivity index (χ3n) is 4.31. The highest BCUT2D eigenvalue weighted by Crippen LogP contribution is 2.31. The molecule has 1 N–H and O–H groups in total. The highest BCUT2D eigenvalue weighted by Gasteiger charge is 2.20. The van der Waals surface area contributed by atoms with Crippen molar-refractivity contribution in [3.05, 3.63) is 65.4 Å². The fourth-order valence-electron chi connectivity index (χ4n) is 2.97. The van der Waals surface area contributed by atoms with Crippen LogP contribution < -0.4 is 14.8 Å². The second-order valence-corrected chi connectivity index (χ2v) is 6.28. The van der Waals surface area contributed by atoms with E-state index in [4.69, 9.17) is 9.47 Å². The Kier molecular flexibility index (Phi) is 4.69. The number of aryl methyl sites for hydroxylation is 1. The summed E-state index contributed by atoms with van der Waals surface area (Å²) in [5.41, 5.74) is 2.51. The minimum absolute atomic E-state index is 0.167. The predicted molar refractivity (Wildman–Crippen MR) is 100 cm³/mol. The van der Waals surface area contributed by atoms with E-state index in [1.165, 1.54) is 5.56 Å². The molecule has 5 nitrogen and oxygen atoms in total. The van der Waals surface area contributed by atoms with Gasteiger partial charge in [-0.1, -0.05) is 36.4 Å². The summed E-state index contributed by atoms with van der Waals surface area (Å²) < 4.78 is 11.3. The minimum atomic E-state index is -0.167. The van der Waals surface area contributed by atoms with E-state index in [1.54, 1.807) is 6.08 Å². The number of ether oxygens (including phenoxy) is 2. The number of amides is 1. The molecule has 0 radical (unpaired) electrons. The number of carbonyl (C=O) groups is 1. The van der Waals surface area contributed by atoms with Crippen molar-refractivity contribution in [2.75, 3.05) is 13.2 Å². The van der Waals surface area contributed by atoms with Crippen molar-refractivity contribution >= 4 is 17.8 Å². The van der Waals surface area contributed by atoms with Crippen molar-refractivity contribution in [2.45, 2.75) is 19.3 Å². The molecule has 0 unspecified atom stereocenters. The monoisotopic (exact) mass is 348 g/mol. The highest BCUT2D eigenvalue weighted by atomic mass is 16.5. The van der Waals surface area contributed by atoms with Crippen molar-refractivity contribution in [1.82, 2.24) is 5.32 Å². The Balaban J connectivity index is 1.49. The summed E-state index contributed by atoms with van der Waals surface area (Å²) in [5.74, 6) is 2.00. The van der Waals surface area contributed by atoms with E-state index in [1.807, 2.05) is 36.4 Å². The molecule has 0 fully saturated rings. The molecule has 0 atom stereocenters. The number of rotatable bonds is 4. The Hall–Kier alpha value is -3.08. The third-order valence-corrected chi connectivity index (χ3v) is 4.31. The molecule has 0 saturated carbocycles. The summed E-state index contributed by atoms with van der Waals surface area (Å²) in [6.07, 6.45) is 4.19. The third kappa shape index (κ3) is 3.77. The number of aliphatic imine (C=N–C) groups is 1. The van der Waals surface area contributed by atoms with Gasteiger partial charge in [-0.3, -0.25) is 4.79 Å². The van der Waals surface area contributed by atoms with Crippen LogP contribution in [0.4, 0.5) is 0 Å². The van der Waals surface area contributed by atoms with Crippen LogP contribution in [0.15, 0.2) is 59.2 Å². The number of amidine groups is 1. The second-order valence-electron chi connectivity index (χ2n) is 6.28. The number of fused-ring (bicyclic) bond motifs is 1. The van der Waals surface area contributed by atoms with Gasteiger partial charge in [0.25, 0.3) is 5.91 Å².